The topological polar surface area (TPSA) is 37.3 Å². The Morgan fingerprint density at radius 1 is 1.54 bits per heavy atom. The van der Waals surface area contributed by atoms with Crippen LogP contribution in [-0.4, -0.2) is 15.1 Å². The number of hydrogen-bond acceptors (Lipinski definition) is 2. The first-order valence-corrected chi connectivity index (χ1v) is 6.08. The third kappa shape index (κ3) is 2.62. The normalized spacial score (nSPS) is 12.8. The van der Waals surface area contributed by atoms with Crippen LogP contribution in [0.3, 0.4) is 0 Å². The van der Waals surface area contributed by atoms with Crippen LogP contribution in [0.5, 0.6) is 0 Å². The average Bonchev–Trinajstić information content (AvgIpc) is 2.16. The molecule has 72 valence electrons. The molecule has 2 nitrogen and oxygen atoms in total. The van der Waals surface area contributed by atoms with Gasteiger partial charge >= 0.3 is 0 Å². The van der Waals surface area contributed by atoms with Crippen molar-refractivity contribution >= 4 is 26.7 Å². The number of hydrogen-bond donors (Lipinski definition) is 1. The van der Waals surface area contributed by atoms with Crippen molar-refractivity contribution in [1.82, 2.24) is 0 Å². The van der Waals surface area contributed by atoms with Crippen LogP contribution in [0, 0.1) is 0 Å². The fourth-order valence-corrected chi connectivity index (χ4v) is 2.42. The molecule has 0 bridgehead atoms. The highest BCUT2D eigenvalue weighted by Gasteiger charge is 2.04. The van der Waals surface area contributed by atoms with Gasteiger partial charge in [0.2, 0.25) is 0 Å². The Morgan fingerprint density at radius 2 is 2.23 bits per heavy atom. The largest absolute Gasteiger partial charge is 0.392 e. The minimum Gasteiger partial charge on any atom is -0.392 e. The fourth-order valence-electron chi connectivity index (χ4n) is 0.965. The first-order chi connectivity index (χ1) is 6.19. The lowest BCUT2D eigenvalue weighted by molar-refractivity contribution is 0.281. The molecule has 1 N–H and O–H groups in total. The number of aliphatic hydroxyl groups excluding tert-OH is 1. The molecule has 0 saturated heterocycles. The van der Waals surface area contributed by atoms with Gasteiger partial charge < -0.3 is 5.11 Å². The predicted molar refractivity (Wildman–Crippen MR) is 57.0 cm³/mol. The van der Waals surface area contributed by atoms with Gasteiger partial charge in [0.05, 0.1) is 17.4 Å². The van der Waals surface area contributed by atoms with E-state index in [1.807, 2.05) is 6.92 Å². The summed E-state index contributed by atoms with van der Waals surface area (Å²) in [6.07, 6.45) is 0. The molecular weight excluding hydrogens is 252 g/mol. The van der Waals surface area contributed by atoms with E-state index >= 15 is 0 Å². The van der Waals surface area contributed by atoms with Gasteiger partial charge in [-0.2, -0.15) is 0 Å². The molecule has 0 amide bonds. The van der Waals surface area contributed by atoms with Crippen LogP contribution >= 0.6 is 15.9 Å². The molecule has 0 heterocycles. The zero-order chi connectivity index (χ0) is 9.84. The molecule has 0 radical (unpaired) electrons. The number of benzene rings is 1. The summed E-state index contributed by atoms with van der Waals surface area (Å²) >= 11 is 3.31. The van der Waals surface area contributed by atoms with Gasteiger partial charge in [-0.25, -0.2) is 0 Å². The molecule has 0 aromatic heterocycles. The van der Waals surface area contributed by atoms with Crippen molar-refractivity contribution in [2.24, 2.45) is 0 Å². The summed E-state index contributed by atoms with van der Waals surface area (Å²) < 4.78 is 12.2. The summed E-state index contributed by atoms with van der Waals surface area (Å²) in [6, 6.07) is 5.37. The summed E-state index contributed by atoms with van der Waals surface area (Å²) in [5.41, 5.74) is 0.817. The molecule has 13 heavy (non-hydrogen) atoms. The molecule has 0 spiro atoms. The second-order valence-electron chi connectivity index (χ2n) is 2.55. The molecule has 0 aliphatic rings. The van der Waals surface area contributed by atoms with Gasteiger partial charge in [0.25, 0.3) is 0 Å². The first-order valence-electron chi connectivity index (χ1n) is 3.96. The van der Waals surface area contributed by atoms with E-state index in [9.17, 15) is 4.21 Å². The van der Waals surface area contributed by atoms with E-state index in [1.54, 1.807) is 18.2 Å². The standard InChI is InChI=1S/C9H11BrO2S/c1-2-13(12)8-4-3-7(6-11)9(10)5-8/h3-5,11H,2,6H2,1H3. The molecule has 0 saturated carbocycles. The van der Waals surface area contributed by atoms with Crippen molar-refractivity contribution in [2.45, 2.75) is 18.4 Å². The Kier molecular flexibility index (Phi) is 4.09. The molecule has 1 aromatic rings. The van der Waals surface area contributed by atoms with E-state index in [-0.39, 0.29) is 6.61 Å². The van der Waals surface area contributed by atoms with Gasteiger partial charge in [-0.05, 0) is 17.7 Å². The number of halogens is 1. The highest BCUT2D eigenvalue weighted by atomic mass is 79.9. The van der Waals surface area contributed by atoms with Gasteiger partial charge in [0.15, 0.2) is 0 Å². The maximum atomic E-state index is 11.4. The Labute approximate surface area is 88.6 Å². The van der Waals surface area contributed by atoms with Gasteiger partial charge in [-0.3, -0.25) is 4.21 Å². The van der Waals surface area contributed by atoms with Crippen molar-refractivity contribution in [3.05, 3.63) is 28.2 Å². The molecule has 0 fully saturated rings. The summed E-state index contributed by atoms with van der Waals surface area (Å²) in [5, 5.41) is 8.90. The van der Waals surface area contributed by atoms with E-state index in [0.29, 0.717) is 5.75 Å². The SMILES string of the molecule is CCS(=O)c1ccc(CO)c(Br)c1. The first kappa shape index (κ1) is 10.9. The van der Waals surface area contributed by atoms with Crippen LogP contribution in [0.25, 0.3) is 0 Å². The zero-order valence-electron chi connectivity index (χ0n) is 7.29. The van der Waals surface area contributed by atoms with E-state index in [2.05, 4.69) is 15.9 Å². The Balaban J connectivity index is 3.02. The lowest BCUT2D eigenvalue weighted by Crippen LogP contribution is -1.95. The van der Waals surface area contributed by atoms with Gasteiger partial charge in [0.1, 0.15) is 0 Å². The minimum absolute atomic E-state index is 0.000374. The van der Waals surface area contributed by atoms with Crippen LogP contribution in [0.2, 0.25) is 0 Å². The quantitative estimate of drug-likeness (QED) is 0.906. The average molecular weight is 263 g/mol. The maximum absolute atomic E-state index is 11.4. The van der Waals surface area contributed by atoms with Crippen LogP contribution in [-0.2, 0) is 17.4 Å². The van der Waals surface area contributed by atoms with Crippen molar-refractivity contribution in [1.29, 1.82) is 0 Å². The molecule has 0 aliphatic carbocycles. The summed E-state index contributed by atoms with van der Waals surface area (Å²) in [7, 11) is -0.923. The lowest BCUT2D eigenvalue weighted by Gasteiger charge is -2.03. The van der Waals surface area contributed by atoms with Crippen molar-refractivity contribution in [2.75, 3.05) is 5.75 Å². The molecule has 4 heteroatoms. The van der Waals surface area contributed by atoms with Crippen molar-refractivity contribution in [3.63, 3.8) is 0 Å². The predicted octanol–water partition coefficient (Wildman–Crippen LogP) is 2.07. The smallest absolute Gasteiger partial charge is 0.0692 e. The van der Waals surface area contributed by atoms with E-state index in [4.69, 9.17) is 5.11 Å². The minimum atomic E-state index is -0.923. The maximum Gasteiger partial charge on any atom is 0.0692 e. The second kappa shape index (κ2) is 4.88. The number of aliphatic hydroxyl groups is 1. The molecule has 1 atom stereocenters. The van der Waals surface area contributed by atoms with Crippen LogP contribution in [0.15, 0.2) is 27.6 Å². The third-order valence-corrected chi connectivity index (χ3v) is 3.76. The molecule has 1 rings (SSSR count). The van der Waals surface area contributed by atoms with Crippen LogP contribution in [0.4, 0.5) is 0 Å². The van der Waals surface area contributed by atoms with Crippen molar-refractivity contribution in [3.8, 4) is 0 Å². The second-order valence-corrected chi connectivity index (χ2v) is 5.14. The fraction of sp³-hybridized carbons (Fsp3) is 0.333. The zero-order valence-corrected chi connectivity index (χ0v) is 9.69. The van der Waals surface area contributed by atoms with Gasteiger partial charge in [-0.15, -0.1) is 0 Å². The van der Waals surface area contributed by atoms with Crippen LogP contribution < -0.4 is 0 Å². The summed E-state index contributed by atoms with van der Waals surface area (Å²) in [6.45, 7) is 1.88. The monoisotopic (exact) mass is 262 g/mol. The highest BCUT2D eigenvalue weighted by Crippen LogP contribution is 2.20. The number of rotatable bonds is 3. The molecular formula is C9H11BrO2S. The van der Waals surface area contributed by atoms with E-state index in [0.717, 1.165) is 14.9 Å². The summed E-state index contributed by atoms with van der Waals surface area (Å²) in [4.78, 5) is 0.798. The summed E-state index contributed by atoms with van der Waals surface area (Å²) in [5.74, 6) is 0.616. The molecule has 1 aromatic carbocycles. The highest BCUT2D eigenvalue weighted by molar-refractivity contribution is 9.10. The Bertz CT molecular complexity index is 325. The Morgan fingerprint density at radius 3 is 2.69 bits per heavy atom. The van der Waals surface area contributed by atoms with Crippen molar-refractivity contribution < 1.29 is 9.32 Å². The third-order valence-electron chi connectivity index (χ3n) is 1.72. The Hall–Kier alpha value is -0.190. The van der Waals surface area contributed by atoms with Gasteiger partial charge in [0, 0.05) is 15.1 Å². The van der Waals surface area contributed by atoms with Crippen LogP contribution in [0.1, 0.15) is 12.5 Å². The van der Waals surface area contributed by atoms with Gasteiger partial charge in [-0.1, -0.05) is 28.9 Å². The lowest BCUT2D eigenvalue weighted by atomic mass is 10.2. The molecule has 1 unspecified atom stereocenters. The van der Waals surface area contributed by atoms with E-state index in [1.165, 1.54) is 0 Å². The van der Waals surface area contributed by atoms with E-state index < -0.39 is 10.8 Å². The molecule has 0 aliphatic heterocycles.